The number of hydrogen-bond donors (Lipinski definition) is 2. The molecule has 0 bridgehead atoms. The first kappa shape index (κ1) is 15.6. The van der Waals surface area contributed by atoms with Crippen LogP contribution in [-0.4, -0.2) is 19.4 Å². The Labute approximate surface area is 121 Å². The van der Waals surface area contributed by atoms with Crippen LogP contribution in [0, 0.1) is 0 Å². The summed E-state index contributed by atoms with van der Waals surface area (Å²) in [6, 6.07) is 5.97. The van der Waals surface area contributed by atoms with E-state index in [1.54, 1.807) is 12.1 Å². The lowest BCUT2D eigenvalue weighted by Gasteiger charge is -2.16. The van der Waals surface area contributed by atoms with E-state index in [0.717, 1.165) is 6.42 Å². The van der Waals surface area contributed by atoms with E-state index in [9.17, 15) is 8.42 Å². The first-order valence-electron chi connectivity index (χ1n) is 5.44. The van der Waals surface area contributed by atoms with Crippen LogP contribution in [0.3, 0.4) is 0 Å². The highest BCUT2D eigenvalue weighted by molar-refractivity contribution is 9.10. The monoisotopic (exact) mass is 350 g/mol. The predicted octanol–water partition coefficient (Wildman–Crippen LogP) is 2.18. The molecule has 3 N–H and O–H groups in total. The lowest BCUT2D eigenvalue weighted by atomic mass is 10.2. The van der Waals surface area contributed by atoms with Gasteiger partial charge >= 0.3 is 0 Å². The molecule has 0 spiro atoms. The summed E-state index contributed by atoms with van der Waals surface area (Å²) in [4.78, 5) is 0.352. The lowest BCUT2D eigenvalue weighted by molar-refractivity contribution is 0.567. The van der Waals surface area contributed by atoms with Gasteiger partial charge in [-0.05, 0) is 24.6 Å². The van der Waals surface area contributed by atoms with Gasteiger partial charge in [-0.2, -0.15) is 0 Å². The van der Waals surface area contributed by atoms with E-state index < -0.39 is 16.1 Å². The van der Waals surface area contributed by atoms with Crippen LogP contribution in [0.25, 0.3) is 0 Å². The van der Waals surface area contributed by atoms with Gasteiger partial charge in [-0.15, -0.1) is 0 Å². The Morgan fingerprint density at radius 3 is 2.72 bits per heavy atom. The van der Waals surface area contributed by atoms with Gasteiger partial charge < -0.3 is 5.73 Å². The van der Waals surface area contributed by atoms with Crippen LogP contribution in [0.4, 0.5) is 0 Å². The summed E-state index contributed by atoms with van der Waals surface area (Å²) in [5.41, 5.74) is 5.53. The molecule has 100 valence electrons. The normalized spacial score (nSPS) is 13.2. The van der Waals surface area contributed by atoms with Crippen molar-refractivity contribution in [2.45, 2.75) is 30.7 Å². The van der Waals surface area contributed by atoms with Crippen molar-refractivity contribution in [3.8, 4) is 0 Å². The maximum atomic E-state index is 12.1. The standard InChI is InChI=1S/C11H15BrN2O2S2/c1-2-4-10(11(13)17)14-18(15,16)9-6-3-5-8(12)7-9/h3,5-7,10,14H,2,4H2,1H3,(H2,13,17). The molecule has 0 radical (unpaired) electrons. The van der Waals surface area contributed by atoms with Crippen molar-refractivity contribution in [3.63, 3.8) is 0 Å². The minimum absolute atomic E-state index is 0.162. The molecule has 0 aliphatic carbocycles. The first-order valence-corrected chi connectivity index (χ1v) is 8.12. The molecule has 0 fully saturated rings. The molecule has 0 aliphatic rings. The van der Waals surface area contributed by atoms with E-state index in [-0.39, 0.29) is 9.88 Å². The third-order valence-electron chi connectivity index (χ3n) is 2.32. The third kappa shape index (κ3) is 4.31. The SMILES string of the molecule is CCCC(NS(=O)(=O)c1cccc(Br)c1)C(N)=S. The smallest absolute Gasteiger partial charge is 0.241 e. The molecular weight excluding hydrogens is 336 g/mol. The summed E-state index contributed by atoms with van der Waals surface area (Å²) < 4.78 is 27.5. The molecule has 4 nitrogen and oxygen atoms in total. The maximum Gasteiger partial charge on any atom is 0.241 e. The topological polar surface area (TPSA) is 72.2 Å². The van der Waals surface area contributed by atoms with Gasteiger partial charge in [0.05, 0.1) is 15.9 Å². The van der Waals surface area contributed by atoms with Crippen molar-refractivity contribution < 1.29 is 8.42 Å². The number of halogens is 1. The van der Waals surface area contributed by atoms with Crippen LogP contribution in [-0.2, 0) is 10.0 Å². The number of nitrogens with one attached hydrogen (secondary N) is 1. The molecule has 0 saturated heterocycles. The summed E-state index contributed by atoms with van der Waals surface area (Å²) in [6.45, 7) is 1.94. The quantitative estimate of drug-likeness (QED) is 0.771. The van der Waals surface area contributed by atoms with E-state index in [1.807, 2.05) is 6.92 Å². The van der Waals surface area contributed by atoms with E-state index in [0.29, 0.717) is 10.9 Å². The fraction of sp³-hybridized carbons (Fsp3) is 0.364. The average molecular weight is 351 g/mol. The second kappa shape index (κ2) is 6.60. The third-order valence-corrected chi connectivity index (χ3v) is 4.57. The van der Waals surface area contributed by atoms with Crippen LogP contribution in [0.2, 0.25) is 0 Å². The van der Waals surface area contributed by atoms with Gasteiger partial charge in [-0.1, -0.05) is 47.6 Å². The first-order chi connectivity index (χ1) is 8.36. The average Bonchev–Trinajstić information content (AvgIpc) is 2.28. The summed E-state index contributed by atoms with van der Waals surface area (Å²) in [5, 5.41) is 0. The summed E-state index contributed by atoms with van der Waals surface area (Å²) in [7, 11) is -3.60. The Bertz CT molecular complexity index is 532. The molecule has 7 heteroatoms. The van der Waals surface area contributed by atoms with Gasteiger partial charge in [0.25, 0.3) is 0 Å². The van der Waals surface area contributed by atoms with Gasteiger partial charge in [-0.25, -0.2) is 13.1 Å². The number of sulfonamides is 1. The molecular formula is C11H15BrN2O2S2. The Hall–Kier alpha value is -0.500. The van der Waals surface area contributed by atoms with E-state index in [1.165, 1.54) is 12.1 Å². The molecule has 18 heavy (non-hydrogen) atoms. The molecule has 0 amide bonds. The molecule has 0 saturated carbocycles. The molecule has 0 heterocycles. The van der Waals surface area contributed by atoms with Crippen molar-refractivity contribution >= 4 is 43.2 Å². The number of hydrogen-bond acceptors (Lipinski definition) is 3. The van der Waals surface area contributed by atoms with Crippen molar-refractivity contribution in [3.05, 3.63) is 28.7 Å². The molecule has 1 aromatic carbocycles. The summed E-state index contributed by atoms with van der Waals surface area (Å²) >= 11 is 8.11. The summed E-state index contributed by atoms with van der Waals surface area (Å²) in [5.74, 6) is 0. The van der Waals surface area contributed by atoms with Gasteiger partial charge in [0.15, 0.2) is 0 Å². The lowest BCUT2D eigenvalue weighted by Crippen LogP contribution is -2.43. The number of thiocarbonyl (C=S) groups is 1. The van der Waals surface area contributed by atoms with E-state index in [2.05, 4.69) is 20.7 Å². The zero-order valence-electron chi connectivity index (χ0n) is 9.89. The van der Waals surface area contributed by atoms with Crippen LogP contribution in [0.15, 0.2) is 33.6 Å². The molecule has 0 aliphatic heterocycles. The van der Waals surface area contributed by atoms with E-state index in [4.69, 9.17) is 18.0 Å². The highest BCUT2D eigenvalue weighted by atomic mass is 79.9. The van der Waals surface area contributed by atoms with Crippen molar-refractivity contribution in [1.82, 2.24) is 4.72 Å². The zero-order valence-corrected chi connectivity index (χ0v) is 13.1. The van der Waals surface area contributed by atoms with Crippen LogP contribution in [0.1, 0.15) is 19.8 Å². The molecule has 1 rings (SSSR count). The van der Waals surface area contributed by atoms with Crippen LogP contribution in [0.5, 0.6) is 0 Å². The number of nitrogens with two attached hydrogens (primary N) is 1. The number of benzene rings is 1. The predicted molar refractivity (Wildman–Crippen MR) is 79.9 cm³/mol. The minimum atomic E-state index is -3.60. The Morgan fingerprint density at radius 2 is 2.22 bits per heavy atom. The van der Waals surface area contributed by atoms with Crippen LogP contribution < -0.4 is 10.5 Å². The fourth-order valence-corrected chi connectivity index (χ4v) is 3.53. The van der Waals surface area contributed by atoms with Gasteiger partial charge in [0.2, 0.25) is 10.0 Å². The second-order valence-corrected chi connectivity index (χ2v) is 6.92. The Kier molecular flexibility index (Phi) is 5.71. The second-order valence-electron chi connectivity index (χ2n) is 3.82. The summed E-state index contributed by atoms with van der Waals surface area (Å²) in [6.07, 6.45) is 1.38. The van der Waals surface area contributed by atoms with Crippen LogP contribution >= 0.6 is 28.1 Å². The fourth-order valence-electron chi connectivity index (χ4n) is 1.44. The van der Waals surface area contributed by atoms with Gasteiger partial charge in [0, 0.05) is 4.47 Å². The van der Waals surface area contributed by atoms with Gasteiger partial charge in [-0.3, -0.25) is 0 Å². The number of rotatable bonds is 6. The van der Waals surface area contributed by atoms with Crippen molar-refractivity contribution in [2.75, 3.05) is 0 Å². The molecule has 1 atom stereocenters. The Balaban J connectivity index is 2.97. The highest BCUT2D eigenvalue weighted by Crippen LogP contribution is 2.16. The Morgan fingerprint density at radius 1 is 1.56 bits per heavy atom. The molecule has 0 aromatic heterocycles. The van der Waals surface area contributed by atoms with Gasteiger partial charge in [0.1, 0.15) is 0 Å². The largest absolute Gasteiger partial charge is 0.392 e. The van der Waals surface area contributed by atoms with E-state index >= 15 is 0 Å². The highest BCUT2D eigenvalue weighted by Gasteiger charge is 2.21. The van der Waals surface area contributed by atoms with Crippen molar-refractivity contribution in [2.24, 2.45) is 5.73 Å². The van der Waals surface area contributed by atoms with Crippen molar-refractivity contribution in [1.29, 1.82) is 0 Å². The maximum absolute atomic E-state index is 12.1. The molecule has 1 aromatic rings. The zero-order chi connectivity index (χ0) is 13.8. The minimum Gasteiger partial charge on any atom is -0.392 e. The molecule has 1 unspecified atom stereocenters.